The number of carbonyl (C=O) groups is 2. The number of amides is 2. The molecule has 142 valence electrons. The minimum Gasteiger partial charge on any atom is -0.385 e. The minimum absolute atomic E-state index is 0.0187. The van der Waals surface area contributed by atoms with Crippen molar-refractivity contribution in [1.82, 2.24) is 15.8 Å². The van der Waals surface area contributed by atoms with E-state index < -0.39 is 0 Å². The molecule has 0 fully saturated rings. The lowest BCUT2D eigenvalue weighted by Crippen LogP contribution is -2.49. The van der Waals surface area contributed by atoms with Crippen LogP contribution in [0.3, 0.4) is 0 Å². The van der Waals surface area contributed by atoms with Crippen molar-refractivity contribution in [3.05, 3.63) is 24.3 Å². The molecule has 9 heteroatoms. The molecule has 0 saturated carbocycles. The predicted molar refractivity (Wildman–Crippen MR) is 107 cm³/mol. The SMILES string of the molecule is COCCCNC(=S)N(C)NC(=O)CCN1C(=O)CSc2ccccc21. The third kappa shape index (κ3) is 5.86. The zero-order valence-electron chi connectivity index (χ0n) is 15.0. The fourth-order valence-electron chi connectivity index (χ4n) is 2.44. The van der Waals surface area contributed by atoms with E-state index in [1.54, 1.807) is 19.1 Å². The number of para-hydroxylation sites is 1. The number of ether oxygens (including phenoxy) is 1. The number of thiocarbonyl (C=S) groups is 1. The Morgan fingerprint density at radius 2 is 2.19 bits per heavy atom. The highest BCUT2D eigenvalue weighted by Gasteiger charge is 2.24. The van der Waals surface area contributed by atoms with Crippen molar-refractivity contribution in [1.29, 1.82) is 0 Å². The van der Waals surface area contributed by atoms with Crippen LogP contribution < -0.4 is 15.6 Å². The van der Waals surface area contributed by atoms with E-state index in [1.165, 1.54) is 16.8 Å². The smallest absolute Gasteiger partial charge is 0.240 e. The van der Waals surface area contributed by atoms with E-state index in [0.717, 1.165) is 17.0 Å². The van der Waals surface area contributed by atoms with Crippen LogP contribution in [0.4, 0.5) is 5.69 Å². The zero-order chi connectivity index (χ0) is 18.9. The molecular weight excluding hydrogens is 372 g/mol. The van der Waals surface area contributed by atoms with Crippen LogP contribution in [0.1, 0.15) is 12.8 Å². The van der Waals surface area contributed by atoms with Gasteiger partial charge in [0.1, 0.15) is 0 Å². The Bertz CT molecular complexity index is 657. The van der Waals surface area contributed by atoms with Crippen LogP contribution in [0.15, 0.2) is 29.2 Å². The number of rotatable bonds is 7. The van der Waals surface area contributed by atoms with Gasteiger partial charge < -0.3 is 15.0 Å². The highest BCUT2D eigenvalue weighted by molar-refractivity contribution is 8.00. The van der Waals surface area contributed by atoms with Gasteiger partial charge in [0.15, 0.2) is 5.11 Å². The van der Waals surface area contributed by atoms with Gasteiger partial charge in [-0.25, -0.2) is 0 Å². The van der Waals surface area contributed by atoms with E-state index in [1.807, 2.05) is 24.3 Å². The number of hydrogen-bond acceptors (Lipinski definition) is 5. The molecule has 0 saturated heterocycles. The maximum atomic E-state index is 12.2. The number of carbonyl (C=O) groups excluding carboxylic acids is 2. The third-order valence-corrected chi connectivity index (χ3v) is 5.23. The Morgan fingerprint density at radius 3 is 2.96 bits per heavy atom. The summed E-state index contributed by atoms with van der Waals surface area (Å²) in [7, 11) is 3.33. The normalized spacial score (nSPS) is 13.2. The first-order chi connectivity index (χ1) is 12.5. The summed E-state index contributed by atoms with van der Waals surface area (Å²) in [6.45, 7) is 1.66. The monoisotopic (exact) mass is 396 g/mol. The number of nitrogens with one attached hydrogen (secondary N) is 2. The van der Waals surface area contributed by atoms with E-state index in [9.17, 15) is 9.59 Å². The molecule has 1 aromatic carbocycles. The van der Waals surface area contributed by atoms with Gasteiger partial charge >= 0.3 is 0 Å². The first kappa shape index (κ1) is 20.5. The molecule has 0 atom stereocenters. The summed E-state index contributed by atoms with van der Waals surface area (Å²) in [4.78, 5) is 27.1. The Hall–Kier alpha value is -1.84. The van der Waals surface area contributed by atoms with Crippen molar-refractivity contribution >= 4 is 46.6 Å². The molecule has 0 bridgehead atoms. The molecule has 26 heavy (non-hydrogen) atoms. The Kier molecular flexibility index (Phi) is 8.14. The van der Waals surface area contributed by atoms with Gasteiger partial charge in [-0.3, -0.25) is 20.0 Å². The first-order valence-corrected chi connectivity index (χ1v) is 9.74. The number of nitrogens with zero attached hydrogens (tertiary/aromatic N) is 2. The Morgan fingerprint density at radius 1 is 1.42 bits per heavy atom. The van der Waals surface area contributed by atoms with Crippen LogP contribution in [0.2, 0.25) is 0 Å². The lowest BCUT2D eigenvalue weighted by molar-refractivity contribution is -0.123. The number of anilines is 1. The number of hydrogen-bond donors (Lipinski definition) is 2. The molecule has 1 aromatic rings. The van der Waals surface area contributed by atoms with Gasteiger partial charge in [0.25, 0.3) is 0 Å². The van der Waals surface area contributed by atoms with Crippen LogP contribution in [0.25, 0.3) is 0 Å². The molecule has 2 rings (SSSR count). The van der Waals surface area contributed by atoms with E-state index in [-0.39, 0.29) is 18.2 Å². The van der Waals surface area contributed by atoms with Gasteiger partial charge in [0, 0.05) is 45.2 Å². The molecule has 0 spiro atoms. The maximum absolute atomic E-state index is 12.2. The van der Waals surface area contributed by atoms with E-state index in [2.05, 4.69) is 10.7 Å². The Balaban J connectivity index is 1.79. The number of fused-ring (bicyclic) bond motifs is 1. The van der Waals surface area contributed by atoms with Gasteiger partial charge in [-0.15, -0.1) is 11.8 Å². The number of thioether (sulfide) groups is 1. The summed E-state index contributed by atoms with van der Waals surface area (Å²) in [5, 5.41) is 4.96. The predicted octanol–water partition coefficient (Wildman–Crippen LogP) is 1.39. The van der Waals surface area contributed by atoms with Gasteiger partial charge in [-0.2, -0.15) is 0 Å². The first-order valence-electron chi connectivity index (χ1n) is 8.35. The highest BCUT2D eigenvalue weighted by Crippen LogP contribution is 2.34. The van der Waals surface area contributed by atoms with E-state index in [0.29, 0.717) is 30.6 Å². The van der Waals surface area contributed by atoms with Crippen molar-refractivity contribution in [2.45, 2.75) is 17.7 Å². The summed E-state index contributed by atoms with van der Waals surface area (Å²) in [6.07, 6.45) is 1.02. The van der Waals surface area contributed by atoms with Crippen molar-refractivity contribution in [3.8, 4) is 0 Å². The van der Waals surface area contributed by atoms with Crippen molar-refractivity contribution in [2.75, 3.05) is 44.5 Å². The Labute approximate surface area is 163 Å². The molecule has 0 aromatic heterocycles. The van der Waals surface area contributed by atoms with Gasteiger partial charge in [0.05, 0.1) is 11.4 Å². The van der Waals surface area contributed by atoms with Gasteiger partial charge in [-0.05, 0) is 30.8 Å². The van der Waals surface area contributed by atoms with E-state index in [4.69, 9.17) is 17.0 Å². The fraction of sp³-hybridized carbons (Fsp3) is 0.471. The molecule has 7 nitrogen and oxygen atoms in total. The average molecular weight is 397 g/mol. The largest absolute Gasteiger partial charge is 0.385 e. The second kappa shape index (κ2) is 10.3. The summed E-state index contributed by atoms with van der Waals surface area (Å²) in [6, 6.07) is 7.73. The zero-order valence-corrected chi connectivity index (χ0v) is 16.6. The quantitative estimate of drug-likeness (QED) is 0.410. The molecular formula is C17H24N4O3S2. The van der Waals surface area contributed by atoms with E-state index >= 15 is 0 Å². The number of benzene rings is 1. The molecule has 1 heterocycles. The molecule has 0 aliphatic carbocycles. The number of hydrazine groups is 1. The third-order valence-electron chi connectivity index (χ3n) is 3.77. The summed E-state index contributed by atoms with van der Waals surface area (Å²) in [5.74, 6) is 0.218. The minimum atomic E-state index is -0.197. The summed E-state index contributed by atoms with van der Waals surface area (Å²) >= 11 is 6.74. The second-order valence-electron chi connectivity index (χ2n) is 5.72. The van der Waals surface area contributed by atoms with Crippen LogP contribution in [-0.2, 0) is 14.3 Å². The van der Waals surface area contributed by atoms with Crippen molar-refractivity contribution in [2.24, 2.45) is 0 Å². The number of methoxy groups -OCH3 is 1. The lowest BCUT2D eigenvalue weighted by atomic mass is 10.2. The lowest BCUT2D eigenvalue weighted by Gasteiger charge is -2.29. The van der Waals surface area contributed by atoms with Crippen LogP contribution in [-0.4, -0.2) is 61.5 Å². The van der Waals surface area contributed by atoms with Gasteiger partial charge in [-0.1, -0.05) is 12.1 Å². The maximum Gasteiger partial charge on any atom is 0.240 e. The highest BCUT2D eigenvalue weighted by atomic mass is 32.2. The molecule has 2 amide bonds. The van der Waals surface area contributed by atoms with Gasteiger partial charge in [0.2, 0.25) is 11.8 Å². The van der Waals surface area contributed by atoms with Crippen molar-refractivity contribution < 1.29 is 14.3 Å². The molecule has 0 radical (unpaired) electrons. The average Bonchev–Trinajstić information content (AvgIpc) is 2.64. The summed E-state index contributed by atoms with van der Waals surface area (Å²) < 4.78 is 4.97. The van der Waals surface area contributed by atoms with Crippen molar-refractivity contribution in [3.63, 3.8) is 0 Å². The van der Waals surface area contributed by atoms with Crippen LogP contribution in [0.5, 0.6) is 0 Å². The second-order valence-corrected chi connectivity index (χ2v) is 7.13. The fourth-order valence-corrected chi connectivity index (χ4v) is 3.52. The molecule has 1 aliphatic heterocycles. The van der Waals surface area contributed by atoms with Crippen LogP contribution >= 0.6 is 24.0 Å². The summed E-state index contributed by atoms with van der Waals surface area (Å²) in [5.41, 5.74) is 3.58. The topological polar surface area (TPSA) is 73.9 Å². The van der Waals surface area contributed by atoms with Crippen LogP contribution in [0, 0.1) is 0 Å². The molecule has 1 aliphatic rings. The molecule has 2 N–H and O–H groups in total. The molecule has 0 unspecified atom stereocenters. The standard InChI is InChI=1S/C17H24N4O3S2/c1-20(17(25)18-9-5-11-24-2)19-15(22)8-10-21-13-6-3-4-7-14(13)26-12-16(21)23/h3-4,6-7H,5,8-12H2,1-2H3,(H,18,25)(H,19,22).